The van der Waals surface area contributed by atoms with E-state index in [2.05, 4.69) is 27.0 Å². The van der Waals surface area contributed by atoms with Gasteiger partial charge in [0.05, 0.1) is 6.54 Å². The van der Waals surface area contributed by atoms with Gasteiger partial charge in [-0.2, -0.15) is 0 Å². The number of amides is 1. The number of benzene rings is 2. The zero-order chi connectivity index (χ0) is 19.1. The fraction of sp³-hybridized carbons (Fsp3) is 0.300. The largest absolute Gasteiger partial charge is 0.492 e. The van der Waals surface area contributed by atoms with Gasteiger partial charge in [-0.05, 0) is 29.8 Å². The highest BCUT2D eigenvalue weighted by Gasteiger charge is 2.24. The first kappa shape index (κ1) is 19.0. The molecule has 0 radical (unpaired) electrons. The molecule has 1 atom stereocenters. The highest BCUT2D eigenvalue weighted by molar-refractivity contribution is 6.30. The van der Waals surface area contributed by atoms with Crippen LogP contribution in [0.4, 0.5) is 5.69 Å². The number of rotatable bonds is 6. The molecular weight excluding hydrogens is 364 g/mol. The Balaban J connectivity index is 1.46. The van der Waals surface area contributed by atoms with Crippen LogP contribution in [-0.4, -0.2) is 38.6 Å². The number of fused-ring (bicyclic) bond motifs is 1. The summed E-state index contributed by atoms with van der Waals surface area (Å²) in [6, 6.07) is 15.2. The number of aliphatic imine (C=N–C) groups is 1. The zero-order valence-corrected chi connectivity index (χ0v) is 15.9. The summed E-state index contributed by atoms with van der Waals surface area (Å²) in [6.07, 6.45) is 0.457. The Kier molecular flexibility index (Phi) is 6.54. The molecule has 3 rings (SSSR count). The number of halogens is 1. The molecule has 0 aliphatic carbocycles. The maximum atomic E-state index is 11.9. The van der Waals surface area contributed by atoms with E-state index in [4.69, 9.17) is 16.3 Å². The summed E-state index contributed by atoms with van der Waals surface area (Å²) in [5, 5.41) is 10.1. The SMILES string of the molecule is CN=C(NCCOc1cccc(Cl)c1)NCC1CC(=O)Nc2ccccc21. The normalized spacial score (nSPS) is 16.3. The van der Waals surface area contributed by atoms with Crippen LogP contribution in [-0.2, 0) is 4.79 Å². The molecule has 0 saturated heterocycles. The maximum absolute atomic E-state index is 11.9. The van der Waals surface area contributed by atoms with Crippen LogP contribution in [0.25, 0.3) is 0 Å². The van der Waals surface area contributed by atoms with Gasteiger partial charge >= 0.3 is 0 Å². The van der Waals surface area contributed by atoms with Crippen LogP contribution < -0.4 is 20.7 Å². The lowest BCUT2D eigenvalue weighted by Crippen LogP contribution is -2.42. The minimum absolute atomic E-state index is 0.0402. The van der Waals surface area contributed by atoms with Crippen LogP contribution >= 0.6 is 11.6 Å². The summed E-state index contributed by atoms with van der Waals surface area (Å²) >= 11 is 5.94. The van der Waals surface area contributed by atoms with Crippen LogP contribution in [0.15, 0.2) is 53.5 Å². The molecule has 0 saturated carbocycles. The number of guanidine groups is 1. The van der Waals surface area contributed by atoms with Gasteiger partial charge in [0.2, 0.25) is 5.91 Å². The number of para-hydroxylation sites is 1. The third-order valence-corrected chi connectivity index (χ3v) is 4.54. The Morgan fingerprint density at radius 2 is 2.11 bits per heavy atom. The number of hydrogen-bond donors (Lipinski definition) is 3. The van der Waals surface area contributed by atoms with E-state index >= 15 is 0 Å². The summed E-state index contributed by atoms with van der Waals surface area (Å²) in [7, 11) is 1.72. The Labute approximate surface area is 164 Å². The molecule has 6 nitrogen and oxygen atoms in total. The molecule has 0 aromatic heterocycles. The van der Waals surface area contributed by atoms with Crippen LogP contribution in [0, 0.1) is 0 Å². The topological polar surface area (TPSA) is 74.8 Å². The van der Waals surface area contributed by atoms with Crippen LogP contribution in [0.2, 0.25) is 5.02 Å². The van der Waals surface area contributed by atoms with Crippen LogP contribution in [0.3, 0.4) is 0 Å². The second kappa shape index (κ2) is 9.28. The molecule has 1 heterocycles. The van der Waals surface area contributed by atoms with E-state index in [1.54, 1.807) is 13.1 Å². The monoisotopic (exact) mass is 386 g/mol. The molecule has 2 aromatic rings. The Morgan fingerprint density at radius 1 is 1.26 bits per heavy atom. The minimum atomic E-state index is 0.0402. The molecule has 0 bridgehead atoms. The first-order valence-corrected chi connectivity index (χ1v) is 9.25. The van der Waals surface area contributed by atoms with Gasteiger partial charge in [0.15, 0.2) is 5.96 Å². The fourth-order valence-corrected chi connectivity index (χ4v) is 3.20. The van der Waals surface area contributed by atoms with Crippen molar-refractivity contribution in [2.75, 3.05) is 32.1 Å². The van der Waals surface area contributed by atoms with E-state index < -0.39 is 0 Å². The quantitative estimate of drug-likeness (QED) is 0.405. The third-order valence-electron chi connectivity index (χ3n) is 4.31. The first-order valence-electron chi connectivity index (χ1n) is 8.87. The second-order valence-corrected chi connectivity index (χ2v) is 6.66. The van der Waals surface area contributed by atoms with Crippen molar-refractivity contribution in [1.82, 2.24) is 10.6 Å². The van der Waals surface area contributed by atoms with Gasteiger partial charge in [0.1, 0.15) is 12.4 Å². The Morgan fingerprint density at radius 3 is 2.93 bits per heavy atom. The summed E-state index contributed by atoms with van der Waals surface area (Å²) in [6.45, 7) is 1.70. The predicted molar refractivity (Wildman–Crippen MR) is 109 cm³/mol. The van der Waals surface area contributed by atoms with Gasteiger partial charge in [-0.25, -0.2) is 0 Å². The van der Waals surface area contributed by atoms with Gasteiger partial charge in [0.25, 0.3) is 0 Å². The summed E-state index contributed by atoms with van der Waals surface area (Å²) < 4.78 is 5.65. The number of anilines is 1. The van der Waals surface area contributed by atoms with Gasteiger partial charge in [-0.15, -0.1) is 0 Å². The highest BCUT2D eigenvalue weighted by Crippen LogP contribution is 2.31. The molecule has 2 aromatic carbocycles. The van der Waals surface area contributed by atoms with Gasteiger partial charge in [0, 0.05) is 36.6 Å². The van der Waals surface area contributed by atoms with Crippen molar-refractivity contribution in [3.63, 3.8) is 0 Å². The standard InChI is InChI=1S/C20H23ClN4O2/c1-22-20(23-9-10-27-16-6-4-5-15(21)12-16)24-13-14-11-19(26)25-18-8-3-2-7-17(14)18/h2-8,12,14H,9-11,13H2,1H3,(H,25,26)(H2,22,23,24). The maximum Gasteiger partial charge on any atom is 0.225 e. The molecule has 1 aliphatic rings. The lowest BCUT2D eigenvalue weighted by Gasteiger charge is -2.26. The average molecular weight is 387 g/mol. The van der Waals surface area contributed by atoms with E-state index in [1.165, 1.54) is 0 Å². The van der Waals surface area contributed by atoms with E-state index in [1.807, 2.05) is 36.4 Å². The van der Waals surface area contributed by atoms with Gasteiger partial charge in [-0.1, -0.05) is 35.9 Å². The smallest absolute Gasteiger partial charge is 0.225 e. The summed E-state index contributed by atoms with van der Waals surface area (Å²) in [5.74, 6) is 1.56. The minimum Gasteiger partial charge on any atom is -0.492 e. The molecule has 1 aliphatic heterocycles. The van der Waals surface area contributed by atoms with E-state index in [0.717, 1.165) is 17.0 Å². The third kappa shape index (κ3) is 5.37. The Bertz CT molecular complexity index is 825. The van der Waals surface area contributed by atoms with Crippen molar-refractivity contribution in [2.45, 2.75) is 12.3 Å². The molecule has 0 fully saturated rings. The molecular formula is C20H23ClN4O2. The van der Waals surface area contributed by atoms with Crippen molar-refractivity contribution < 1.29 is 9.53 Å². The van der Waals surface area contributed by atoms with Crippen molar-refractivity contribution in [2.24, 2.45) is 4.99 Å². The van der Waals surface area contributed by atoms with Crippen LogP contribution in [0.1, 0.15) is 17.9 Å². The lowest BCUT2D eigenvalue weighted by molar-refractivity contribution is -0.116. The molecule has 0 spiro atoms. The van der Waals surface area contributed by atoms with E-state index in [-0.39, 0.29) is 11.8 Å². The zero-order valence-electron chi connectivity index (χ0n) is 15.2. The first-order chi connectivity index (χ1) is 13.2. The lowest BCUT2D eigenvalue weighted by atomic mass is 9.90. The number of nitrogens with zero attached hydrogens (tertiary/aromatic N) is 1. The van der Waals surface area contributed by atoms with E-state index in [9.17, 15) is 4.79 Å². The fourth-order valence-electron chi connectivity index (χ4n) is 3.02. The molecule has 1 amide bonds. The molecule has 3 N–H and O–H groups in total. The van der Waals surface area contributed by atoms with Gasteiger partial charge in [-0.3, -0.25) is 9.79 Å². The van der Waals surface area contributed by atoms with Gasteiger partial charge < -0.3 is 20.7 Å². The number of hydrogen-bond acceptors (Lipinski definition) is 3. The number of carbonyl (C=O) groups excluding carboxylic acids is 1. The highest BCUT2D eigenvalue weighted by atomic mass is 35.5. The van der Waals surface area contributed by atoms with E-state index in [0.29, 0.717) is 37.1 Å². The van der Waals surface area contributed by atoms with Crippen molar-refractivity contribution in [1.29, 1.82) is 0 Å². The Hall–Kier alpha value is -2.73. The average Bonchev–Trinajstić information content (AvgIpc) is 2.67. The second-order valence-electron chi connectivity index (χ2n) is 6.22. The molecule has 7 heteroatoms. The van der Waals surface area contributed by atoms with Crippen molar-refractivity contribution >= 4 is 29.2 Å². The number of nitrogens with one attached hydrogen (secondary N) is 3. The van der Waals surface area contributed by atoms with Crippen molar-refractivity contribution in [3.8, 4) is 5.75 Å². The predicted octanol–water partition coefficient (Wildman–Crippen LogP) is 3.01. The summed E-state index contributed by atoms with van der Waals surface area (Å²) in [4.78, 5) is 16.1. The molecule has 142 valence electrons. The number of carbonyl (C=O) groups is 1. The van der Waals surface area contributed by atoms with Crippen molar-refractivity contribution in [3.05, 3.63) is 59.1 Å². The molecule has 27 heavy (non-hydrogen) atoms. The summed E-state index contributed by atoms with van der Waals surface area (Å²) in [5.41, 5.74) is 2.03. The molecule has 1 unspecified atom stereocenters. The number of ether oxygens (including phenoxy) is 1. The van der Waals surface area contributed by atoms with Crippen LogP contribution in [0.5, 0.6) is 5.75 Å².